The fourth-order valence-electron chi connectivity index (χ4n) is 4.45. The largest absolute Gasteiger partial charge is 0.383 e. The molecule has 222 valence electrons. The summed E-state index contributed by atoms with van der Waals surface area (Å²) in [7, 11) is -2.47. The SMILES string of the molecule is COCCN(c1cc(C(=O)N[C@@H](Cc2ccccc2)C(N)CF)cc(N(CC(F)F)CC2CC2C)n1)S(C)(=O)=O. The molecule has 1 heterocycles. The van der Waals surface area contributed by atoms with E-state index in [1.165, 1.54) is 24.1 Å². The van der Waals surface area contributed by atoms with E-state index in [4.69, 9.17) is 10.5 Å². The molecule has 0 aliphatic heterocycles. The van der Waals surface area contributed by atoms with Gasteiger partial charge in [0.2, 0.25) is 10.0 Å². The van der Waals surface area contributed by atoms with Crippen LogP contribution in [0.5, 0.6) is 0 Å². The van der Waals surface area contributed by atoms with Crippen LogP contribution in [0.4, 0.5) is 24.8 Å². The molecule has 0 spiro atoms. The van der Waals surface area contributed by atoms with Crippen LogP contribution < -0.4 is 20.3 Å². The Hall–Kier alpha value is -2.90. The summed E-state index contributed by atoms with van der Waals surface area (Å²) in [4.78, 5) is 19.3. The number of sulfonamides is 1. The van der Waals surface area contributed by atoms with Gasteiger partial charge in [0.15, 0.2) is 0 Å². The van der Waals surface area contributed by atoms with E-state index in [0.29, 0.717) is 5.92 Å². The van der Waals surface area contributed by atoms with Crippen molar-refractivity contribution in [2.45, 2.75) is 38.3 Å². The minimum absolute atomic E-state index is 0.0155. The average Bonchev–Trinajstić information content (AvgIpc) is 3.61. The molecule has 2 aromatic rings. The van der Waals surface area contributed by atoms with Gasteiger partial charge in [-0.1, -0.05) is 37.3 Å². The van der Waals surface area contributed by atoms with Crippen molar-refractivity contribution in [3.8, 4) is 0 Å². The average molecular weight is 586 g/mol. The molecule has 1 aliphatic rings. The molecule has 9 nitrogen and oxygen atoms in total. The van der Waals surface area contributed by atoms with Gasteiger partial charge in [0.25, 0.3) is 12.3 Å². The minimum Gasteiger partial charge on any atom is -0.383 e. The molecule has 0 radical (unpaired) electrons. The van der Waals surface area contributed by atoms with Gasteiger partial charge in [0.1, 0.15) is 18.3 Å². The van der Waals surface area contributed by atoms with Crippen molar-refractivity contribution in [3.63, 3.8) is 0 Å². The number of nitrogens with one attached hydrogen (secondary N) is 1. The fourth-order valence-corrected chi connectivity index (χ4v) is 5.29. The van der Waals surface area contributed by atoms with Crippen LogP contribution in [-0.4, -0.2) is 84.1 Å². The van der Waals surface area contributed by atoms with Crippen molar-refractivity contribution in [2.75, 3.05) is 55.5 Å². The monoisotopic (exact) mass is 585 g/mol. The van der Waals surface area contributed by atoms with Crippen molar-refractivity contribution < 1.29 is 31.1 Å². The third-order valence-electron chi connectivity index (χ3n) is 6.94. The number of carbonyl (C=O) groups is 1. The number of nitrogens with zero attached hydrogens (tertiary/aromatic N) is 3. The van der Waals surface area contributed by atoms with Gasteiger partial charge in [0.05, 0.1) is 38.0 Å². The van der Waals surface area contributed by atoms with Crippen LogP contribution in [0.2, 0.25) is 0 Å². The number of nitrogens with two attached hydrogens (primary N) is 1. The van der Waals surface area contributed by atoms with Gasteiger partial charge in [-0.2, -0.15) is 0 Å². The number of rotatable bonds is 16. The Bertz CT molecular complexity index is 1220. The Balaban J connectivity index is 2.03. The molecule has 13 heteroatoms. The lowest BCUT2D eigenvalue weighted by atomic mass is 10.00. The highest BCUT2D eigenvalue weighted by molar-refractivity contribution is 7.92. The summed E-state index contributed by atoms with van der Waals surface area (Å²) in [6, 6.07) is 9.94. The van der Waals surface area contributed by atoms with E-state index in [1.54, 1.807) is 0 Å². The summed E-state index contributed by atoms with van der Waals surface area (Å²) in [6.07, 6.45) is -0.578. The highest BCUT2D eigenvalue weighted by Gasteiger charge is 2.35. The molecule has 1 aromatic carbocycles. The Kier molecular flexibility index (Phi) is 11.2. The molecule has 0 bridgehead atoms. The third-order valence-corrected chi connectivity index (χ3v) is 8.11. The molecule has 1 saturated carbocycles. The molecule has 3 unspecified atom stereocenters. The molecule has 40 heavy (non-hydrogen) atoms. The summed E-state index contributed by atoms with van der Waals surface area (Å²) < 4.78 is 72.1. The standard InChI is InChI=1S/C27H38F3N5O4S/c1-18-11-21(18)16-34(17-24(29)30)25-13-20(14-26(33-25)35(9-10-39-2)40(3,37)38)27(36)32-23(22(31)15-28)12-19-7-5-4-6-8-19/h4-8,13-14,18,21-24H,9-12,15-17,31H2,1-3H3,(H,32,36)/t18?,21?,22?,23-/m0/s1. The van der Waals surface area contributed by atoms with Gasteiger partial charge >= 0.3 is 0 Å². The summed E-state index contributed by atoms with van der Waals surface area (Å²) in [6.45, 7) is 0.705. The molecule has 0 saturated heterocycles. The first-order chi connectivity index (χ1) is 18.9. The molecule has 1 aliphatic carbocycles. The number of alkyl halides is 3. The number of anilines is 2. The van der Waals surface area contributed by atoms with Crippen LogP contribution in [0, 0.1) is 11.8 Å². The van der Waals surface area contributed by atoms with Gasteiger partial charge in [-0.25, -0.2) is 26.6 Å². The Morgan fingerprint density at radius 3 is 2.42 bits per heavy atom. The topological polar surface area (TPSA) is 118 Å². The number of carbonyl (C=O) groups excluding carboxylic acids is 1. The van der Waals surface area contributed by atoms with Crippen LogP contribution in [0.1, 0.15) is 29.3 Å². The minimum atomic E-state index is -3.88. The molecular formula is C27H38F3N5O4S. The number of hydrogen-bond acceptors (Lipinski definition) is 7. The van der Waals surface area contributed by atoms with E-state index in [9.17, 15) is 26.4 Å². The number of halogens is 3. The molecule has 1 aromatic heterocycles. The summed E-state index contributed by atoms with van der Waals surface area (Å²) in [5, 5.41) is 2.76. The zero-order valence-corrected chi connectivity index (χ0v) is 23.8. The number of ether oxygens (including phenoxy) is 1. The van der Waals surface area contributed by atoms with Gasteiger partial charge in [-0.05, 0) is 42.4 Å². The van der Waals surface area contributed by atoms with E-state index >= 15 is 0 Å². The highest BCUT2D eigenvalue weighted by atomic mass is 32.2. The lowest BCUT2D eigenvalue weighted by Crippen LogP contribution is -2.50. The first kappa shape index (κ1) is 31.6. The second kappa shape index (κ2) is 14.1. The summed E-state index contributed by atoms with van der Waals surface area (Å²) in [5.74, 6) is -0.186. The molecule has 1 fully saturated rings. The predicted octanol–water partition coefficient (Wildman–Crippen LogP) is 2.86. The van der Waals surface area contributed by atoms with E-state index in [1.807, 2.05) is 37.3 Å². The van der Waals surface area contributed by atoms with Crippen LogP contribution in [0.3, 0.4) is 0 Å². The van der Waals surface area contributed by atoms with Crippen molar-refractivity contribution in [3.05, 3.63) is 53.6 Å². The third kappa shape index (κ3) is 9.07. The van der Waals surface area contributed by atoms with Crippen molar-refractivity contribution in [1.82, 2.24) is 10.3 Å². The number of pyridine rings is 1. The predicted molar refractivity (Wildman–Crippen MR) is 149 cm³/mol. The molecule has 4 atom stereocenters. The lowest BCUT2D eigenvalue weighted by molar-refractivity contribution is 0.0928. The molecule has 3 rings (SSSR count). The van der Waals surface area contributed by atoms with Crippen molar-refractivity contribution in [1.29, 1.82) is 0 Å². The smallest absolute Gasteiger partial charge is 0.255 e. The van der Waals surface area contributed by atoms with Gasteiger partial charge in [-0.15, -0.1) is 0 Å². The van der Waals surface area contributed by atoms with E-state index in [-0.39, 0.29) is 49.2 Å². The fraction of sp³-hybridized carbons (Fsp3) is 0.556. The number of aromatic nitrogens is 1. The number of benzene rings is 1. The van der Waals surface area contributed by atoms with Crippen LogP contribution in [0.15, 0.2) is 42.5 Å². The lowest BCUT2D eigenvalue weighted by Gasteiger charge is -2.28. The highest BCUT2D eigenvalue weighted by Crippen LogP contribution is 2.39. The van der Waals surface area contributed by atoms with E-state index in [2.05, 4.69) is 10.3 Å². The number of hydrogen-bond donors (Lipinski definition) is 2. The normalized spacial score (nSPS) is 18.3. The number of methoxy groups -OCH3 is 1. The Labute approximate surface area is 233 Å². The first-order valence-electron chi connectivity index (χ1n) is 13.1. The first-order valence-corrected chi connectivity index (χ1v) is 15.0. The van der Waals surface area contributed by atoms with Crippen LogP contribution in [-0.2, 0) is 21.2 Å². The number of amides is 1. The maximum absolute atomic E-state index is 13.6. The second-order valence-electron chi connectivity index (χ2n) is 10.3. The van der Waals surface area contributed by atoms with Gasteiger partial charge in [-0.3, -0.25) is 9.10 Å². The molecule has 3 N–H and O–H groups in total. The quantitative estimate of drug-likeness (QED) is 0.311. The molecular weight excluding hydrogens is 547 g/mol. The van der Waals surface area contributed by atoms with Crippen LogP contribution >= 0.6 is 0 Å². The molecule has 1 amide bonds. The van der Waals surface area contributed by atoms with Crippen LogP contribution in [0.25, 0.3) is 0 Å². The maximum Gasteiger partial charge on any atom is 0.255 e. The van der Waals surface area contributed by atoms with Gasteiger partial charge < -0.3 is 20.7 Å². The maximum atomic E-state index is 13.6. The summed E-state index contributed by atoms with van der Waals surface area (Å²) in [5.41, 5.74) is 6.81. The van der Waals surface area contributed by atoms with E-state index in [0.717, 1.165) is 22.5 Å². The van der Waals surface area contributed by atoms with Crippen molar-refractivity contribution >= 4 is 27.6 Å². The van der Waals surface area contributed by atoms with Crippen molar-refractivity contribution in [2.24, 2.45) is 17.6 Å². The summed E-state index contributed by atoms with van der Waals surface area (Å²) >= 11 is 0. The zero-order valence-electron chi connectivity index (χ0n) is 23.0. The van der Waals surface area contributed by atoms with E-state index < -0.39 is 47.7 Å². The Morgan fingerprint density at radius 2 is 1.88 bits per heavy atom. The zero-order chi connectivity index (χ0) is 29.4. The Morgan fingerprint density at radius 1 is 1.23 bits per heavy atom. The second-order valence-corrected chi connectivity index (χ2v) is 12.2. The van der Waals surface area contributed by atoms with Gasteiger partial charge in [0, 0.05) is 19.2 Å².